The van der Waals surface area contributed by atoms with Gasteiger partial charge in [-0.1, -0.05) is 57.5 Å². The third-order valence-electron chi connectivity index (χ3n) is 3.77. The quantitative estimate of drug-likeness (QED) is 0.591. The average Bonchev–Trinajstić information content (AvgIpc) is 2.59. The van der Waals surface area contributed by atoms with E-state index in [1.165, 1.54) is 0 Å². The van der Waals surface area contributed by atoms with Crippen LogP contribution in [0.5, 0.6) is 0 Å². The van der Waals surface area contributed by atoms with Crippen molar-refractivity contribution in [2.45, 2.75) is 58.7 Å². The molecule has 4 N–H and O–H groups in total. The van der Waals surface area contributed by atoms with Crippen LogP contribution in [0.15, 0.2) is 30.3 Å². The third kappa shape index (κ3) is 8.00. The van der Waals surface area contributed by atoms with Gasteiger partial charge in [-0.2, -0.15) is 0 Å². The number of carbonyl (C=O) groups is 3. The van der Waals surface area contributed by atoms with E-state index >= 15 is 0 Å². The Bertz CT molecular complexity index is 590. The van der Waals surface area contributed by atoms with Crippen LogP contribution in [0.4, 0.5) is 4.79 Å². The average molecular weight is 363 g/mol. The molecule has 1 rings (SSSR count). The molecular weight excluding hydrogens is 334 g/mol. The minimum absolute atomic E-state index is 0.115. The van der Waals surface area contributed by atoms with E-state index in [2.05, 4.69) is 10.6 Å². The van der Waals surface area contributed by atoms with Crippen LogP contribution in [0.25, 0.3) is 0 Å². The summed E-state index contributed by atoms with van der Waals surface area (Å²) in [4.78, 5) is 36.0. The molecule has 0 aliphatic rings. The maximum atomic E-state index is 12.5. The van der Waals surface area contributed by atoms with Crippen molar-refractivity contribution >= 4 is 17.9 Å². The number of ether oxygens (including phenoxy) is 1. The summed E-state index contributed by atoms with van der Waals surface area (Å²) >= 11 is 0. The lowest BCUT2D eigenvalue weighted by atomic mass is 10.0. The number of hydrogen-bond acceptors (Lipinski definition) is 4. The zero-order valence-corrected chi connectivity index (χ0v) is 15.7. The number of hydrogen-bond donors (Lipinski definition) is 3. The summed E-state index contributed by atoms with van der Waals surface area (Å²) in [5.41, 5.74) is 6.21. The molecule has 2 unspecified atom stereocenters. The fraction of sp³-hybridized carbons (Fsp3) is 0.526. The van der Waals surface area contributed by atoms with E-state index in [4.69, 9.17) is 10.5 Å². The van der Waals surface area contributed by atoms with Crippen LogP contribution in [0.2, 0.25) is 0 Å². The van der Waals surface area contributed by atoms with Crippen LogP contribution in [-0.4, -0.2) is 30.0 Å². The summed E-state index contributed by atoms with van der Waals surface area (Å²) in [6.45, 7) is 5.89. The Labute approximate surface area is 154 Å². The molecule has 2 atom stereocenters. The number of amides is 3. The Balaban J connectivity index is 2.60. The number of benzene rings is 1. The summed E-state index contributed by atoms with van der Waals surface area (Å²) in [6, 6.07) is 7.71. The summed E-state index contributed by atoms with van der Waals surface area (Å²) in [5, 5.41) is 5.19. The van der Waals surface area contributed by atoms with Gasteiger partial charge in [0.15, 0.2) is 0 Å². The fourth-order valence-corrected chi connectivity index (χ4v) is 2.45. The molecule has 0 aromatic heterocycles. The van der Waals surface area contributed by atoms with Crippen LogP contribution < -0.4 is 16.4 Å². The van der Waals surface area contributed by atoms with Gasteiger partial charge in [-0.25, -0.2) is 4.79 Å². The Morgan fingerprint density at radius 1 is 1.08 bits per heavy atom. The smallest absolute Gasteiger partial charge is 0.408 e. The highest BCUT2D eigenvalue weighted by atomic mass is 16.5. The molecule has 0 heterocycles. The minimum atomic E-state index is -0.780. The van der Waals surface area contributed by atoms with Crippen molar-refractivity contribution in [3.8, 4) is 0 Å². The predicted octanol–water partition coefficient (Wildman–Crippen LogP) is 2.10. The molecule has 3 amide bonds. The fourth-order valence-electron chi connectivity index (χ4n) is 2.45. The van der Waals surface area contributed by atoms with E-state index in [0.717, 1.165) is 5.56 Å². The van der Waals surface area contributed by atoms with Gasteiger partial charge in [-0.3, -0.25) is 9.59 Å². The molecule has 0 saturated carbocycles. The zero-order chi connectivity index (χ0) is 19.5. The van der Waals surface area contributed by atoms with Crippen molar-refractivity contribution < 1.29 is 19.1 Å². The lowest BCUT2D eigenvalue weighted by Gasteiger charge is -2.22. The minimum Gasteiger partial charge on any atom is -0.445 e. The Hall–Kier alpha value is -2.57. The van der Waals surface area contributed by atoms with E-state index in [1.807, 2.05) is 51.1 Å². The van der Waals surface area contributed by atoms with Crippen LogP contribution in [0.3, 0.4) is 0 Å². The van der Waals surface area contributed by atoms with Gasteiger partial charge < -0.3 is 21.1 Å². The molecule has 1 aromatic rings. The van der Waals surface area contributed by atoms with Crippen molar-refractivity contribution in [3.05, 3.63) is 35.9 Å². The zero-order valence-electron chi connectivity index (χ0n) is 15.7. The molecule has 7 nitrogen and oxygen atoms in total. The van der Waals surface area contributed by atoms with Crippen molar-refractivity contribution in [1.29, 1.82) is 0 Å². The number of rotatable bonds is 10. The molecule has 26 heavy (non-hydrogen) atoms. The highest BCUT2D eigenvalue weighted by Crippen LogP contribution is 2.07. The molecule has 0 spiro atoms. The topological polar surface area (TPSA) is 111 Å². The first-order valence-corrected chi connectivity index (χ1v) is 8.90. The molecule has 0 saturated heterocycles. The summed E-state index contributed by atoms with van der Waals surface area (Å²) in [6.07, 6.45) is 0.877. The number of nitrogens with two attached hydrogens (primary N) is 1. The van der Waals surface area contributed by atoms with Gasteiger partial charge >= 0.3 is 6.09 Å². The number of nitrogens with one attached hydrogen (secondary N) is 2. The Morgan fingerprint density at radius 2 is 1.73 bits per heavy atom. The number of primary amides is 1. The monoisotopic (exact) mass is 363 g/mol. The number of alkyl carbamates (subject to hydrolysis) is 1. The molecular formula is C19H29N3O4. The van der Waals surface area contributed by atoms with E-state index in [-0.39, 0.29) is 12.5 Å². The molecule has 0 bridgehead atoms. The first kappa shape index (κ1) is 21.5. The maximum absolute atomic E-state index is 12.5. The van der Waals surface area contributed by atoms with Crippen molar-refractivity contribution in [2.75, 3.05) is 0 Å². The normalized spacial score (nSPS) is 12.9. The van der Waals surface area contributed by atoms with E-state index in [1.54, 1.807) is 0 Å². The van der Waals surface area contributed by atoms with E-state index in [9.17, 15) is 14.4 Å². The van der Waals surface area contributed by atoms with E-state index in [0.29, 0.717) is 19.3 Å². The van der Waals surface area contributed by atoms with Crippen molar-refractivity contribution in [1.82, 2.24) is 10.6 Å². The predicted molar refractivity (Wildman–Crippen MR) is 99.0 cm³/mol. The summed E-state index contributed by atoms with van der Waals surface area (Å²) < 4.78 is 5.15. The van der Waals surface area contributed by atoms with Crippen molar-refractivity contribution in [3.63, 3.8) is 0 Å². The van der Waals surface area contributed by atoms with Gasteiger partial charge in [0.25, 0.3) is 0 Å². The SMILES string of the molecule is CCCC(NC(=O)OCc1ccccc1)C(=O)NC(CC(C)C)C(N)=O. The van der Waals surface area contributed by atoms with Crippen LogP contribution in [0.1, 0.15) is 45.6 Å². The van der Waals surface area contributed by atoms with Crippen molar-refractivity contribution in [2.24, 2.45) is 11.7 Å². The first-order chi connectivity index (χ1) is 12.3. The molecule has 1 aromatic carbocycles. The molecule has 7 heteroatoms. The maximum Gasteiger partial charge on any atom is 0.408 e. The van der Waals surface area contributed by atoms with E-state index < -0.39 is 30.0 Å². The van der Waals surface area contributed by atoms with Gasteiger partial charge in [-0.05, 0) is 24.3 Å². The largest absolute Gasteiger partial charge is 0.445 e. The second kappa shape index (κ2) is 11.1. The van der Waals surface area contributed by atoms with Crippen LogP contribution in [0, 0.1) is 5.92 Å². The Morgan fingerprint density at radius 3 is 2.27 bits per heavy atom. The van der Waals surface area contributed by atoms with Crippen LogP contribution in [-0.2, 0) is 20.9 Å². The molecule has 0 radical (unpaired) electrons. The summed E-state index contributed by atoms with van der Waals surface area (Å²) in [7, 11) is 0. The summed E-state index contributed by atoms with van der Waals surface area (Å²) in [5.74, 6) is -0.830. The third-order valence-corrected chi connectivity index (χ3v) is 3.77. The second-order valence-corrected chi connectivity index (χ2v) is 6.64. The second-order valence-electron chi connectivity index (χ2n) is 6.64. The molecule has 144 valence electrons. The van der Waals surface area contributed by atoms with Gasteiger partial charge in [0, 0.05) is 0 Å². The van der Waals surface area contributed by atoms with Crippen LogP contribution >= 0.6 is 0 Å². The van der Waals surface area contributed by atoms with Gasteiger partial charge in [0.05, 0.1) is 0 Å². The highest BCUT2D eigenvalue weighted by Gasteiger charge is 2.26. The Kier molecular flexibility index (Phi) is 9.19. The highest BCUT2D eigenvalue weighted by molar-refractivity contribution is 5.90. The first-order valence-electron chi connectivity index (χ1n) is 8.90. The molecule has 0 aliphatic carbocycles. The standard InChI is InChI=1S/C19H29N3O4/c1-4-8-15(18(24)21-16(17(20)23)11-13(2)3)22-19(25)26-12-14-9-6-5-7-10-14/h5-7,9-10,13,15-16H,4,8,11-12H2,1-3H3,(H2,20,23)(H,21,24)(H,22,25). The van der Waals surface area contributed by atoms with Gasteiger partial charge in [-0.15, -0.1) is 0 Å². The van der Waals surface area contributed by atoms with Gasteiger partial charge in [0.2, 0.25) is 11.8 Å². The lowest BCUT2D eigenvalue weighted by molar-refractivity contribution is -0.129. The number of carbonyl (C=O) groups excluding carboxylic acids is 3. The molecule has 0 aliphatic heterocycles. The lowest BCUT2D eigenvalue weighted by Crippen LogP contribution is -2.53. The molecule has 0 fully saturated rings. The van der Waals surface area contributed by atoms with Gasteiger partial charge in [0.1, 0.15) is 18.7 Å².